The van der Waals surface area contributed by atoms with Crippen LogP contribution >= 0.6 is 0 Å². The average Bonchev–Trinajstić information content (AvgIpc) is 2.06. The Morgan fingerprint density at radius 1 is 1.21 bits per heavy atom. The molecule has 1 aromatic rings. The van der Waals surface area contributed by atoms with Crippen LogP contribution in [0.5, 0.6) is 5.75 Å². The van der Waals surface area contributed by atoms with Crippen molar-refractivity contribution in [1.29, 1.82) is 0 Å². The minimum atomic E-state index is -3.10. The van der Waals surface area contributed by atoms with Crippen molar-refractivity contribution >= 4 is 0 Å². The number of benzene rings is 1. The lowest BCUT2D eigenvalue weighted by atomic mass is 10.1. The highest BCUT2D eigenvalue weighted by Crippen LogP contribution is 2.21. The molecule has 78 valence electrons. The predicted molar refractivity (Wildman–Crippen MR) is 51.7 cm³/mol. The second kappa shape index (κ2) is 4.40. The van der Waals surface area contributed by atoms with Gasteiger partial charge < -0.3 is 4.74 Å². The average molecular weight is 200 g/mol. The van der Waals surface area contributed by atoms with Gasteiger partial charge in [0.1, 0.15) is 5.75 Å². The summed E-state index contributed by atoms with van der Waals surface area (Å²) in [5.74, 6) is 0.206. The van der Waals surface area contributed by atoms with Crippen molar-refractivity contribution < 1.29 is 13.5 Å². The minimum absolute atomic E-state index is 0.206. The Hall–Kier alpha value is -1.12. The zero-order valence-corrected chi connectivity index (χ0v) is 8.39. The summed E-state index contributed by atoms with van der Waals surface area (Å²) in [6.45, 7) is 2.80. The van der Waals surface area contributed by atoms with Gasteiger partial charge in [-0.15, -0.1) is 0 Å². The summed E-state index contributed by atoms with van der Waals surface area (Å²) in [4.78, 5) is 0. The first-order chi connectivity index (χ1) is 6.51. The summed E-state index contributed by atoms with van der Waals surface area (Å²) in [6, 6.07) is 6.76. The molecular weight excluding hydrogens is 186 g/mol. The molecular formula is C11H14F2O. The van der Waals surface area contributed by atoms with Gasteiger partial charge in [0.2, 0.25) is 0 Å². The number of rotatable bonds is 4. The Morgan fingerprint density at radius 3 is 2.21 bits per heavy atom. The van der Waals surface area contributed by atoms with Crippen LogP contribution in [-0.4, -0.2) is 6.11 Å². The number of aryl methyl sites for hydroxylation is 1. The van der Waals surface area contributed by atoms with Crippen LogP contribution in [0.1, 0.15) is 25.8 Å². The molecule has 0 aromatic heterocycles. The SMILES string of the molecule is CCCc1ccc(OC(C)(F)F)cc1. The van der Waals surface area contributed by atoms with Crippen molar-refractivity contribution in [2.45, 2.75) is 32.8 Å². The van der Waals surface area contributed by atoms with Gasteiger partial charge in [0.05, 0.1) is 0 Å². The molecule has 0 amide bonds. The Labute approximate surface area is 82.7 Å². The summed E-state index contributed by atoms with van der Waals surface area (Å²) in [5, 5.41) is 0. The van der Waals surface area contributed by atoms with Crippen LogP contribution in [0.25, 0.3) is 0 Å². The van der Waals surface area contributed by atoms with Gasteiger partial charge in [0.25, 0.3) is 0 Å². The summed E-state index contributed by atoms with van der Waals surface area (Å²) in [6.07, 6.45) is -1.10. The molecule has 1 aromatic carbocycles. The van der Waals surface area contributed by atoms with E-state index in [2.05, 4.69) is 11.7 Å². The normalized spacial score (nSPS) is 11.4. The van der Waals surface area contributed by atoms with E-state index in [4.69, 9.17) is 0 Å². The van der Waals surface area contributed by atoms with Crippen LogP contribution in [0.3, 0.4) is 0 Å². The molecule has 0 unspecified atom stereocenters. The molecule has 0 aliphatic carbocycles. The molecule has 0 heterocycles. The standard InChI is InChI=1S/C11H14F2O/c1-3-4-9-5-7-10(8-6-9)14-11(2,12)13/h5-8H,3-4H2,1-2H3. The Bertz CT molecular complexity index is 274. The smallest absolute Gasteiger partial charge is 0.394 e. The van der Waals surface area contributed by atoms with Crippen LogP contribution < -0.4 is 4.74 Å². The molecule has 0 aliphatic heterocycles. The van der Waals surface area contributed by atoms with Gasteiger partial charge in [0, 0.05) is 6.92 Å². The van der Waals surface area contributed by atoms with Gasteiger partial charge in [-0.25, -0.2) is 0 Å². The molecule has 0 saturated carbocycles. The second-order valence-corrected chi connectivity index (χ2v) is 3.30. The third kappa shape index (κ3) is 3.73. The van der Waals surface area contributed by atoms with E-state index in [0.717, 1.165) is 25.3 Å². The third-order valence-electron chi connectivity index (χ3n) is 1.76. The number of hydrogen-bond acceptors (Lipinski definition) is 1. The summed E-state index contributed by atoms with van der Waals surface area (Å²) in [7, 11) is 0. The first-order valence-electron chi connectivity index (χ1n) is 4.67. The fourth-order valence-electron chi connectivity index (χ4n) is 1.22. The lowest BCUT2D eigenvalue weighted by Gasteiger charge is -2.12. The van der Waals surface area contributed by atoms with Gasteiger partial charge in [0.15, 0.2) is 0 Å². The first-order valence-corrected chi connectivity index (χ1v) is 4.67. The fourth-order valence-corrected chi connectivity index (χ4v) is 1.22. The maximum Gasteiger partial charge on any atom is 0.394 e. The number of alkyl halides is 2. The molecule has 14 heavy (non-hydrogen) atoms. The van der Waals surface area contributed by atoms with Crippen molar-refractivity contribution in [3.63, 3.8) is 0 Å². The van der Waals surface area contributed by atoms with Crippen LogP contribution in [0.2, 0.25) is 0 Å². The minimum Gasteiger partial charge on any atom is -0.433 e. The summed E-state index contributed by atoms with van der Waals surface area (Å²) < 4.78 is 29.3. The second-order valence-electron chi connectivity index (χ2n) is 3.30. The fraction of sp³-hybridized carbons (Fsp3) is 0.455. The van der Waals surface area contributed by atoms with Crippen LogP contribution in [-0.2, 0) is 6.42 Å². The van der Waals surface area contributed by atoms with Gasteiger partial charge in [-0.2, -0.15) is 8.78 Å². The van der Waals surface area contributed by atoms with Crippen molar-refractivity contribution in [1.82, 2.24) is 0 Å². The lowest BCUT2D eigenvalue weighted by molar-refractivity contribution is -0.158. The molecule has 0 bridgehead atoms. The van der Waals surface area contributed by atoms with E-state index in [1.54, 1.807) is 12.1 Å². The molecule has 1 rings (SSSR count). The zero-order valence-electron chi connectivity index (χ0n) is 8.39. The van der Waals surface area contributed by atoms with Crippen LogP contribution in [0.15, 0.2) is 24.3 Å². The monoisotopic (exact) mass is 200 g/mol. The molecule has 1 nitrogen and oxygen atoms in total. The molecule has 0 fully saturated rings. The highest BCUT2D eigenvalue weighted by atomic mass is 19.3. The Kier molecular flexibility index (Phi) is 3.44. The lowest BCUT2D eigenvalue weighted by Crippen LogP contribution is -2.18. The van der Waals surface area contributed by atoms with E-state index < -0.39 is 6.11 Å². The highest BCUT2D eigenvalue weighted by molar-refractivity contribution is 5.27. The van der Waals surface area contributed by atoms with Gasteiger partial charge >= 0.3 is 6.11 Å². The van der Waals surface area contributed by atoms with Crippen LogP contribution in [0.4, 0.5) is 8.78 Å². The van der Waals surface area contributed by atoms with Crippen molar-refractivity contribution in [2.24, 2.45) is 0 Å². The third-order valence-corrected chi connectivity index (χ3v) is 1.76. The van der Waals surface area contributed by atoms with Gasteiger partial charge in [-0.05, 0) is 24.1 Å². The van der Waals surface area contributed by atoms with E-state index in [1.807, 2.05) is 12.1 Å². The van der Waals surface area contributed by atoms with E-state index >= 15 is 0 Å². The van der Waals surface area contributed by atoms with Gasteiger partial charge in [-0.3, -0.25) is 0 Å². The first kappa shape index (κ1) is 11.0. The molecule has 0 spiro atoms. The van der Waals surface area contributed by atoms with Crippen molar-refractivity contribution in [2.75, 3.05) is 0 Å². The number of hydrogen-bond donors (Lipinski definition) is 0. The van der Waals surface area contributed by atoms with Crippen molar-refractivity contribution in [3.05, 3.63) is 29.8 Å². The van der Waals surface area contributed by atoms with Crippen molar-refractivity contribution in [3.8, 4) is 5.75 Å². The van der Waals surface area contributed by atoms with E-state index in [9.17, 15) is 8.78 Å². The Morgan fingerprint density at radius 2 is 1.79 bits per heavy atom. The topological polar surface area (TPSA) is 9.23 Å². The van der Waals surface area contributed by atoms with E-state index in [0.29, 0.717) is 0 Å². The molecule has 0 N–H and O–H groups in total. The number of halogens is 2. The zero-order chi connectivity index (χ0) is 10.6. The molecule has 0 radical (unpaired) electrons. The quantitative estimate of drug-likeness (QED) is 0.721. The number of ether oxygens (including phenoxy) is 1. The Balaban J connectivity index is 2.64. The largest absolute Gasteiger partial charge is 0.433 e. The molecule has 0 atom stereocenters. The predicted octanol–water partition coefficient (Wildman–Crippen LogP) is 3.63. The maximum atomic E-state index is 12.4. The maximum absolute atomic E-state index is 12.4. The van der Waals surface area contributed by atoms with Crippen LogP contribution in [0, 0.1) is 0 Å². The van der Waals surface area contributed by atoms with Gasteiger partial charge in [-0.1, -0.05) is 25.5 Å². The summed E-state index contributed by atoms with van der Waals surface area (Å²) >= 11 is 0. The summed E-state index contributed by atoms with van der Waals surface area (Å²) in [5.41, 5.74) is 1.14. The highest BCUT2D eigenvalue weighted by Gasteiger charge is 2.22. The van der Waals surface area contributed by atoms with E-state index in [-0.39, 0.29) is 5.75 Å². The molecule has 0 aliphatic rings. The van der Waals surface area contributed by atoms with E-state index in [1.165, 1.54) is 0 Å². The molecule has 0 saturated heterocycles. The molecule has 3 heteroatoms.